The summed E-state index contributed by atoms with van der Waals surface area (Å²) in [5.41, 5.74) is 2.28. The number of nitriles is 1. The minimum Gasteiger partial charge on any atom is -0.451 e. The van der Waals surface area contributed by atoms with Gasteiger partial charge in [0.15, 0.2) is 10.9 Å². The van der Waals surface area contributed by atoms with E-state index in [4.69, 9.17) is 39.8 Å². The summed E-state index contributed by atoms with van der Waals surface area (Å²) in [5, 5.41) is 16.5. The van der Waals surface area contributed by atoms with E-state index in [9.17, 15) is 10.1 Å². The van der Waals surface area contributed by atoms with Crippen LogP contribution < -0.4 is 10.6 Å². The lowest BCUT2D eigenvalue weighted by atomic mass is 10.1. The highest BCUT2D eigenvalue weighted by atomic mass is 35.5. The van der Waals surface area contributed by atoms with E-state index in [0.717, 1.165) is 24.8 Å². The van der Waals surface area contributed by atoms with Crippen molar-refractivity contribution in [1.82, 2.24) is 5.32 Å². The molecule has 0 atom stereocenters. The standard InChI is InChI=1S/C20H13Cl2N3O2S2/c21-13-5-1-4-11(17(13)22)14-7-8-15(27-14)18(26)24-20(28)25-19-12(9-23)10-3-2-6-16(10)29-19/h1,4-5,7-8H,2-3,6H2,(H2,24,25,26,28). The molecule has 2 N–H and O–H groups in total. The molecule has 2 heterocycles. The number of nitrogens with one attached hydrogen (secondary N) is 2. The topological polar surface area (TPSA) is 78.1 Å². The Kier molecular flexibility index (Phi) is 5.61. The Morgan fingerprint density at radius 3 is 2.86 bits per heavy atom. The van der Waals surface area contributed by atoms with E-state index in [1.165, 1.54) is 22.3 Å². The van der Waals surface area contributed by atoms with Crippen LogP contribution in [0.3, 0.4) is 0 Å². The fourth-order valence-corrected chi connectivity index (χ4v) is 5.11. The first kappa shape index (κ1) is 19.9. The average Bonchev–Trinajstić information content (AvgIpc) is 3.39. The van der Waals surface area contributed by atoms with Crippen molar-refractivity contribution in [3.8, 4) is 17.4 Å². The predicted molar refractivity (Wildman–Crippen MR) is 119 cm³/mol. The van der Waals surface area contributed by atoms with Crippen molar-refractivity contribution in [3.63, 3.8) is 0 Å². The fraction of sp³-hybridized carbons (Fsp3) is 0.150. The highest BCUT2D eigenvalue weighted by molar-refractivity contribution is 7.80. The van der Waals surface area contributed by atoms with E-state index in [-0.39, 0.29) is 10.9 Å². The van der Waals surface area contributed by atoms with Crippen LogP contribution in [0.2, 0.25) is 10.0 Å². The van der Waals surface area contributed by atoms with E-state index < -0.39 is 5.91 Å². The lowest BCUT2D eigenvalue weighted by Gasteiger charge is -2.07. The van der Waals surface area contributed by atoms with Crippen LogP contribution in [0.4, 0.5) is 5.00 Å². The Hall–Kier alpha value is -2.37. The van der Waals surface area contributed by atoms with Gasteiger partial charge in [-0.1, -0.05) is 29.3 Å². The van der Waals surface area contributed by atoms with E-state index in [2.05, 4.69) is 16.7 Å². The van der Waals surface area contributed by atoms with Gasteiger partial charge in [-0.3, -0.25) is 10.1 Å². The van der Waals surface area contributed by atoms with Crippen LogP contribution >= 0.6 is 46.8 Å². The molecule has 0 spiro atoms. The Bertz CT molecular complexity index is 1180. The second-order valence-electron chi connectivity index (χ2n) is 6.35. The number of amides is 1. The zero-order valence-electron chi connectivity index (χ0n) is 14.8. The molecular formula is C20H13Cl2N3O2S2. The molecule has 1 aliphatic carbocycles. The van der Waals surface area contributed by atoms with Crippen molar-refractivity contribution in [2.45, 2.75) is 19.3 Å². The number of furan rings is 1. The number of anilines is 1. The molecule has 2 aromatic heterocycles. The van der Waals surface area contributed by atoms with Gasteiger partial charge in [-0.2, -0.15) is 5.26 Å². The maximum atomic E-state index is 12.5. The number of hydrogen-bond donors (Lipinski definition) is 2. The molecule has 0 radical (unpaired) electrons. The molecule has 9 heteroatoms. The molecule has 3 aromatic rings. The molecule has 1 aliphatic rings. The number of carbonyl (C=O) groups is 1. The Balaban J connectivity index is 1.47. The van der Waals surface area contributed by atoms with Gasteiger partial charge in [-0.15, -0.1) is 11.3 Å². The summed E-state index contributed by atoms with van der Waals surface area (Å²) in [6, 6.07) is 10.6. The Labute approximate surface area is 186 Å². The van der Waals surface area contributed by atoms with Gasteiger partial charge in [0.25, 0.3) is 5.91 Å². The zero-order chi connectivity index (χ0) is 20.5. The third-order valence-electron chi connectivity index (χ3n) is 4.53. The number of thiophene rings is 1. The summed E-state index contributed by atoms with van der Waals surface area (Å²) in [4.78, 5) is 13.7. The van der Waals surface area contributed by atoms with Gasteiger partial charge in [-0.25, -0.2) is 0 Å². The first-order valence-corrected chi connectivity index (χ1v) is 10.7. The van der Waals surface area contributed by atoms with Gasteiger partial charge in [0, 0.05) is 10.4 Å². The number of benzene rings is 1. The normalized spacial score (nSPS) is 12.3. The van der Waals surface area contributed by atoms with Gasteiger partial charge < -0.3 is 9.73 Å². The molecule has 0 saturated heterocycles. The van der Waals surface area contributed by atoms with Gasteiger partial charge >= 0.3 is 0 Å². The second-order valence-corrected chi connectivity index (χ2v) is 8.65. The molecule has 0 bridgehead atoms. The molecule has 4 rings (SSSR count). The first-order valence-electron chi connectivity index (χ1n) is 8.69. The molecule has 1 amide bonds. The van der Waals surface area contributed by atoms with Crippen LogP contribution in [0.1, 0.15) is 33.0 Å². The number of carbonyl (C=O) groups excluding carboxylic acids is 1. The minimum absolute atomic E-state index is 0.0781. The zero-order valence-corrected chi connectivity index (χ0v) is 18.0. The van der Waals surface area contributed by atoms with Crippen molar-refractivity contribution in [2.75, 3.05) is 5.32 Å². The summed E-state index contributed by atoms with van der Waals surface area (Å²) >= 11 is 19.0. The quantitative estimate of drug-likeness (QED) is 0.481. The number of fused-ring (bicyclic) bond motifs is 1. The molecule has 5 nitrogen and oxygen atoms in total. The van der Waals surface area contributed by atoms with Crippen molar-refractivity contribution >= 4 is 62.8 Å². The van der Waals surface area contributed by atoms with Crippen LogP contribution in [-0.4, -0.2) is 11.0 Å². The van der Waals surface area contributed by atoms with Gasteiger partial charge in [0.05, 0.1) is 15.6 Å². The molecule has 0 unspecified atom stereocenters. The number of thiocarbonyl (C=S) groups is 1. The number of rotatable bonds is 3. The van der Waals surface area contributed by atoms with E-state index >= 15 is 0 Å². The van der Waals surface area contributed by atoms with Crippen LogP contribution in [-0.2, 0) is 12.8 Å². The molecule has 0 saturated carbocycles. The van der Waals surface area contributed by atoms with Crippen LogP contribution in [0.25, 0.3) is 11.3 Å². The van der Waals surface area contributed by atoms with Crippen molar-refractivity contribution in [3.05, 3.63) is 62.1 Å². The van der Waals surface area contributed by atoms with E-state index in [1.807, 2.05) is 0 Å². The Morgan fingerprint density at radius 2 is 2.07 bits per heavy atom. The number of aryl methyl sites for hydroxylation is 1. The molecule has 0 fully saturated rings. The highest BCUT2D eigenvalue weighted by Gasteiger charge is 2.23. The van der Waals surface area contributed by atoms with Gasteiger partial charge in [0.2, 0.25) is 0 Å². The average molecular weight is 462 g/mol. The number of halogens is 2. The monoisotopic (exact) mass is 461 g/mol. The maximum Gasteiger partial charge on any atom is 0.293 e. The van der Waals surface area contributed by atoms with Crippen molar-refractivity contribution < 1.29 is 9.21 Å². The van der Waals surface area contributed by atoms with Gasteiger partial charge in [-0.05, 0) is 61.3 Å². The van der Waals surface area contributed by atoms with Crippen molar-refractivity contribution in [2.24, 2.45) is 0 Å². The summed E-state index contributed by atoms with van der Waals surface area (Å²) in [5.74, 6) is -0.00754. The number of nitrogens with zero attached hydrogens (tertiary/aromatic N) is 1. The SMILES string of the molecule is N#Cc1c(NC(=S)NC(=O)c2ccc(-c3cccc(Cl)c3Cl)o2)sc2c1CCC2. The molecule has 0 aliphatic heterocycles. The predicted octanol–water partition coefficient (Wildman–Crippen LogP) is 5.80. The van der Waals surface area contributed by atoms with Crippen LogP contribution in [0.15, 0.2) is 34.7 Å². The first-order chi connectivity index (χ1) is 14.0. The third-order valence-corrected chi connectivity index (χ3v) is 6.76. The smallest absolute Gasteiger partial charge is 0.293 e. The third kappa shape index (κ3) is 3.89. The molecule has 1 aromatic carbocycles. The highest BCUT2D eigenvalue weighted by Crippen LogP contribution is 2.38. The largest absolute Gasteiger partial charge is 0.451 e. The minimum atomic E-state index is -0.505. The van der Waals surface area contributed by atoms with Crippen LogP contribution in [0.5, 0.6) is 0 Å². The second kappa shape index (κ2) is 8.17. The molecular weight excluding hydrogens is 449 g/mol. The summed E-state index contributed by atoms with van der Waals surface area (Å²) in [6.07, 6.45) is 2.93. The summed E-state index contributed by atoms with van der Waals surface area (Å²) in [6.45, 7) is 0. The van der Waals surface area contributed by atoms with Crippen LogP contribution in [0, 0.1) is 11.3 Å². The maximum absolute atomic E-state index is 12.5. The Morgan fingerprint density at radius 1 is 1.24 bits per heavy atom. The lowest BCUT2D eigenvalue weighted by molar-refractivity contribution is 0.0951. The van der Waals surface area contributed by atoms with Crippen molar-refractivity contribution in [1.29, 1.82) is 5.26 Å². The fourth-order valence-electron chi connectivity index (χ4n) is 3.21. The molecule has 29 heavy (non-hydrogen) atoms. The van der Waals surface area contributed by atoms with E-state index in [1.54, 1.807) is 24.3 Å². The molecule has 146 valence electrons. The summed E-state index contributed by atoms with van der Waals surface area (Å²) in [7, 11) is 0. The lowest BCUT2D eigenvalue weighted by Crippen LogP contribution is -2.33. The van der Waals surface area contributed by atoms with E-state index in [0.29, 0.717) is 31.9 Å². The number of hydrogen-bond acceptors (Lipinski definition) is 5. The van der Waals surface area contributed by atoms with Gasteiger partial charge in [0.1, 0.15) is 16.8 Å². The summed E-state index contributed by atoms with van der Waals surface area (Å²) < 4.78 is 5.62.